The fourth-order valence-corrected chi connectivity index (χ4v) is 3.77. The second-order valence-corrected chi connectivity index (χ2v) is 6.96. The summed E-state index contributed by atoms with van der Waals surface area (Å²) in [5.74, 6) is 0.0666. The van der Waals surface area contributed by atoms with E-state index in [4.69, 9.17) is 0 Å². The van der Waals surface area contributed by atoms with Crippen molar-refractivity contribution in [1.29, 1.82) is 0 Å². The number of rotatable bonds is 2. The van der Waals surface area contributed by atoms with Crippen molar-refractivity contribution in [2.24, 2.45) is 0 Å². The highest BCUT2D eigenvalue weighted by Crippen LogP contribution is 2.32. The van der Waals surface area contributed by atoms with Crippen molar-refractivity contribution in [3.63, 3.8) is 0 Å². The van der Waals surface area contributed by atoms with Crippen molar-refractivity contribution in [1.82, 2.24) is 9.97 Å². The number of nitrogens with zero attached hydrogens (tertiary/aromatic N) is 1. The molecule has 0 atom stereocenters. The van der Waals surface area contributed by atoms with Crippen LogP contribution in [0, 0.1) is 0 Å². The summed E-state index contributed by atoms with van der Waals surface area (Å²) in [6, 6.07) is 17.6. The van der Waals surface area contributed by atoms with Crippen LogP contribution in [0.3, 0.4) is 0 Å². The summed E-state index contributed by atoms with van der Waals surface area (Å²) < 4.78 is 0. The zero-order chi connectivity index (χ0) is 19.1. The first-order valence-corrected chi connectivity index (χ1v) is 9.18. The van der Waals surface area contributed by atoms with Crippen molar-refractivity contribution in [2.45, 2.75) is 12.8 Å². The predicted octanol–water partition coefficient (Wildman–Crippen LogP) is 4.14. The number of carbonyl (C=O) groups excluding carboxylic acids is 1. The molecule has 0 saturated heterocycles. The normalized spacial score (nSPS) is 13.2. The molecule has 2 N–H and O–H groups in total. The molecule has 0 spiro atoms. The molecule has 2 aromatic heterocycles. The van der Waals surface area contributed by atoms with E-state index >= 15 is 0 Å². The zero-order valence-electron chi connectivity index (χ0n) is 15.0. The highest BCUT2D eigenvalue weighted by molar-refractivity contribution is 5.97. The topological polar surface area (TPSA) is 74.8 Å². The second-order valence-electron chi connectivity index (χ2n) is 6.96. The van der Waals surface area contributed by atoms with E-state index in [1.165, 1.54) is 0 Å². The van der Waals surface area contributed by atoms with Crippen LogP contribution in [0.25, 0.3) is 33.2 Å². The van der Waals surface area contributed by atoms with Gasteiger partial charge in [-0.1, -0.05) is 12.1 Å². The Morgan fingerprint density at radius 2 is 1.57 bits per heavy atom. The third kappa shape index (κ3) is 2.87. The highest BCUT2D eigenvalue weighted by atomic mass is 16.1. The summed E-state index contributed by atoms with van der Waals surface area (Å²) >= 11 is 0. The third-order valence-electron chi connectivity index (χ3n) is 5.17. The van der Waals surface area contributed by atoms with Gasteiger partial charge in [0.2, 0.25) is 11.5 Å². The number of aryl methyl sites for hydroxylation is 1. The standard InChI is InChI=1S/C23H17N3O2/c27-22-6-3-17-11-15(1-4-20(17)25-22)16-2-5-21-19(12-16)18(13-23(28)26-21)14-7-9-24-10-8-14/h1-2,4-5,7-13H,3,6H2,(H,25,27)(H,26,28). The van der Waals surface area contributed by atoms with Gasteiger partial charge in [0.1, 0.15) is 0 Å². The van der Waals surface area contributed by atoms with Gasteiger partial charge >= 0.3 is 0 Å². The summed E-state index contributed by atoms with van der Waals surface area (Å²) in [5.41, 5.74) is 6.70. The minimum Gasteiger partial charge on any atom is -0.326 e. The lowest BCUT2D eigenvalue weighted by Crippen LogP contribution is -2.18. The molecule has 5 heteroatoms. The molecule has 1 aliphatic rings. The quantitative estimate of drug-likeness (QED) is 0.559. The largest absolute Gasteiger partial charge is 0.326 e. The van der Waals surface area contributed by atoms with Crippen LogP contribution >= 0.6 is 0 Å². The monoisotopic (exact) mass is 367 g/mol. The summed E-state index contributed by atoms with van der Waals surface area (Å²) in [6.07, 6.45) is 4.72. The SMILES string of the molecule is O=C1CCc2cc(-c3ccc4[nH]c(=O)cc(-c5ccncc5)c4c3)ccc2N1. The van der Waals surface area contributed by atoms with Gasteiger partial charge in [0, 0.05) is 41.5 Å². The molecule has 0 saturated carbocycles. The zero-order valence-corrected chi connectivity index (χ0v) is 15.0. The van der Waals surface area contributed by atoms with Gasteiger partial charge in [-0.3, -0.25) is 14.6 Å². The van der Waals surface area contributed by atoms with Gasteiger partial charge in [-0.15, -0.1) is 0 Å². The van der Waals surface area contributed by atoms with Crippen LogP contribution in [0.5, 0.6) is 0 Å². The average molecular weight is 367 g/mol. The maximum absolute atomic E-state index is 12.1. The first-order chi connectivity index (χ1) is 13.7. The Bertz CT molecular complexity index is 1280. The van der Waals surface area contributed by atoms with Crippen molar-refractivity contribution in [3.05, 3.63) is 82.9 Å². The van der Waals surface area contributed by atoms with Gasteiger partial charge in [-0.2, -0.15) is 0 Å². The number of nitrogens with one attached hydrogen (secondary N) is 2. The minimum atomic E-state index is -0.128. The molecule has 5 nitrogen and oxygen atoms in total. The number of hydrogen-bond acceptors (Lipinski definition) is 3. The van der Waals surface area contributed by atoms with Crippen molar-refractivity contribution in [2.75, 3.05) is 5.32 Å². The van der Waals surface area contributed by atoms with Crippen LogP contribution in [0.4, 0.5) is 5.69 Å². The maximum atomic E-state index is 12.1. The van der Waals surface area contributed by atoms with Crippen molar-refractivity contribution < 1.29 is 4.79 Å². The lowest BCUT2D eigenvalue weighted by molar-refractivity contribution is -0.116. The first kappa shape index (κ1) is 16.4. The number of fused-ring (bicyclic) bond motifs is 2. The van der Waals surface area contributed by atoms with Crippen molar-refractivity contribution >= 4 is 22.5 Å². The van der Waals surface area contributed by atoms with E-state index in [-0.39, 0.29) is 11.5 Å². The number of amides is 1. The van der Waals surface area contributed by atoms with Gasteiger partial charge < -0.3 is 10.3 Å². The first-order valence-electron chi connectivity index (χ1n) is 9.18. The predicted molar refractivity (Wildman–Crippen MR) is 110 cm³/mol. The molecule has 4 aromatic rings. The molecule has 0 fully saturated rings. The number of hydrogen-bond donors (Lipinski definition) is 2. The molecule has 2 aromatic carbocycles. The van der Waals surface area contributed by atoms with Gasteiger partial charge in [0.05, 0.1) is 0 Å². The number of benzene rings is 2. The minimum absolute atomic E-state index is 0.0666. The highest BCUT2D eigenvalue weighted by Gasteiger charge is 2.15. The number of aromatic amines is 1. The van der Waals surface area contributed by atoms with Crippen LogP contribution in [0.2, 0.25) is 0 Å². The fraction of sp³-hybridized carbons (Fsp3) is 0.0870. The maximum Gasteiger partial charge on any atom is 0.249 e. The number of pyridine rings is 2. The third-order valence-corrected chi connectivity index (χ3v) is 5.17. The van der Waals surface area contributed by atoms with Crippen LogP contribution in [-0.4, -0.2) is 15.9 Å². The Morgan fingerprint density at radius 3 is 2.43 bits per heavy atom. The molecular weight excluding hydrogens is 350 g/mol. The van der Waals surface area contributed by atoms with Crippen LogP contribution in [-0.2, 0) is 11.2 Å². The van der Waals surface area contributed by atoms with E-state index in [9.17, 15) is 9.59 Å². The van der Waals surface area contributed by atoms with Crippen LogP contribution < -0.4 is 10.9 Å². The Morgan fingerprint density at radius 1 is 0.786 bits per heavy atom. The molecule has 0 radical (unpaired) electrons. The molecule has 1 aliphatic heterocycles. The van der Waals surface area contributed by atoms with E-state index in [0.717, 1.165) is 50.8 Å². The summed E-state index contributed by atoms with van der Waals surface area (Å²) in [6.45, 7) is 0. The Kier molecular flexibility index (Phi) is 3.79. The van der Waals surface area contributed by atoms with Crippen LogP contribution in [0.1, 0.15) is 12.0 Å². The van der Waals surface area contributed by atoms with Gasteiger partial charge in [-0.05, 0) is 70.6 Å². The molecule has 136 valence electrons. The summed E-state index contributed by atoms with van der Waals surface area (Å²) in [4.78, 5) is 30.7. The van der Waals surface area contributed by atoms with Gasteiger partial charge in [0.15, 0.2) is 0 Å². The smallest absolute Gasteiger partial charge is 0.249 e. The average Bonchev–Trinajstić information content (AvgIpc) is 2.73. The Balaban J connectivity index is 1.67. The number of carbonyl (C=O) groups is 1. The Labute approximate surface area is 161 Å². The molecule has 0 bridgehead atoms. The fourth-order valence-electron chi connectivity index (χ4n) is 3.77. The number of anilines is 1. The lowest BCUT2D eigenvalue weighted by Gasteiger charge is -2.18. The second kappa shape index (κ2) is 6.46. The number of H-pyrrole nitrogens is 1. The van der Waals surface area contributed by atoms with Gasteiger partial charge in [-0.25, -0.2) is 0 Å². The van der Waals surface area contributed by atoms with E-state index in [0.29, 0.717) is 6.42 Å². The molecule has 5 rings (SSSR count). The molecule has 0 aliphatic carbocycles. The van der Waals surface area contributed by atoms with Crippen molar-refractivity contribution in [3.8, 4) is 22.3 Å². The summed E-state index contributed by atoms with van der Waals surface area (Å²) in [7, 11) is 0. The van der Waals surface area contributed by atoms with E-state index < -0.39 is 0 Å². The molecular formula is C23H17N3O2. The number of aromatic nitrogens is 2. The molecule has 1 amide bonds. The summed E-state index contributed by atoms with van der Waals surface area (Å²) in [5, 5.41) is 3.90. The molecule has 28 heavy (non-hydrogen) atoms. The van der Waals surface area contributed by atoms with Gasteiger partial charge in [0.25, 0.3) is 0 Å². The lowest BCUT2D eigenvalue weighted by atomic mass is 9.94. The van der Waals surface area contributed by atoms with E-state index in [2.05, 4.69) is 27.4 Å². The Hall–Kier alpha value is -3.73. The molecule has 0 unspecified atom stereocenters. The van der Waals surface area contributed by atoms with E-state index in [1.54, 1.807) is 18.5 Å². The molecule has 3 heterocycles. The van der Waals surface area contributed by atoms with Crippen LogP contribution in [0.15, 0.2) is 71.8 Å². The van der Waals surface area contributed by atoms with E-state index in [1.807, 2.05) is 36.4 Å².